The van der Waals surface area contributed by atoms with E-state index >= 15 is 0 Å². The third-order valence-corrected chi connectivity index (χ3v) is 3.01. The number of aryl methyl sites for hydroxylation is 2. The molecule has 0 unspecified atom stereocenters. The molecule has 0 atom stereocenters. The highest BCUT2D eigenvalue weighted by Gasteiger charge is 2.03. The van der Waals surface area contributed by atoms with Crippen molar-refractivity contribution >= 4 is 0 Å². The van der Waals surface area contributed by atoms with Gasteiger partial charge in [0.2, 0.25) is 0 Å². The van der Waals surface area contributed by atoms with Crippen molar-refractivity contribution in [2.45, 2.75) is 13.8 Å². The molecule has 0 aliphatic carbocycles. The van der Waals surface area contributed by atoms with Crippen molar-refractivity contribution in [2.24, 2.45) is 0 Å². The van der Waals surface area contributed by atoms with E-state index in [9.17, 15) is 0 Å². The molecule has 0 aromatic heterocycles. The minimum Gasteiger partial charge on any atom is -0.493 e. The molecule has 0 fully saturated rings. The fourth-order valence-electron chi connectivity index (χ4n) is 1.90. The number of para-hydroxylation sites is 2. The van der Waals surface area contributed by atoms with Gasteiger partial charge in [-0.25, -0.2) is 0 Å². The van der Waals surface area contributed by atoms with Crippen LogP contribution in [0.3, 0.4) is 0 Å². The number of benzene rings is 2. The van der Waals surface area contributed by atoms with Gasteiger partial charge in [-0.3, -0.25) is 0 Å². The van der Waals surface area contributed by atoms with Gasteiger partial charge in [0.25, 0.3) is 0 Å². The number of ether oxygens (including phenoxy) is 3. The molecule has 2 aromatic carbocycles. The number of rotatable bonds is 6. The van der Waals surface area contributed by atoms with Crippen LogP contribution in [0.4, 0.5) is 0 Å². The molecule has 2 aromatic rings. The minimum atomic E-state index is 0.480. The van der Waals surface area contributed by atoms with Crippen LogP contribution in [0.25, 0.3) is 0 Å². The van der Waals surface area contributed by atoms with Crippen LogP contribution in [-0.2, 0) is 0 Å². The molecule has 0 amide bonds. The van der Waals surface area contributed by atoms with Crippen LogP contribution in [0.1, 0.15) is 11.1 Å². The van der Waals surface area contributed by atoms with Gasteiger partial charge in [-0.05, 0) is 43.2 Å². The summed E-state index contributed by atoms with van der Waals surface area (Å²) in [5, 5.41) is 0. The van der Waals surface area contributed by atoms with Gasteiger partial charge in [0, 0.05) is 0 Å². The van der Waals surface area contributed by atoms with Crippen LogP contribution >= 0.6 is 0 Å². The van der Waals surface area contributed by atoms with Crippen molar-refractivity contribution in [3.8, 4) is 17.2 Å². The summed E-state index contributed by atoms with van der Waals surface area (Å²) in [6.45, 7) is 5.07. The average Bonchev–Trinajstić information content (AvgIpc) is 2.47. The molecule has 0 radical (unpaired) electrons. The summed E-state index contributed by atoms with van der Waals surface area (Å²) >= 11 is 0. The third kappa shape index (κ3) is 3.67. The zero-order valence-electron chi connectivity index (χ0n) is 12.2. The molecule has 0 N–H and O–H groups in total. The van der Waals surface area contributed by atoms with Gasteiger partial charge in [0.15, 0.2) is 11.5 Å². The van der Waals surface area contributed by atoms with E-state index in [0.717, 1.165) is 22.8 Å². The molecule has 3 heteroatoms. The highest BCUT2D eigenvalue weighted by atomic mass is 16.5. The molecule has 20 heavy (non-hydrogen) atoms. The van der Waals surface area contributed by atoms with Crippen molar-refractivity contribution in [3.63, 3.8) is 0 Å². The zero-order valence-corrected chi connectivity index (χ0v) is 12.2. The van der Waals surface area contributed by atoms with Crippen molar-refractivity contribution in [3.05, 3.63) is 53.6 Å². The Morgan fingerprint density at radius 2 is 1.45 bits per heavy atom. The minimum absolute atomic E-state index is 0.480. The van der Waals surface area contributed by atoms with Crippen LogP contribution < -0.4 is 14.2 Å². The summed E-state index contributed by atoms with van der Waals surface area (Å²) in [5.74, 6) is 2.38. The second-order valence-electron chi connectivity index (χ2n) is 4.62. The SMILES string of the molecule is COc1ccccc1OCCOc1cc(C)ccc1C. The van der Waals surface area contributed by atoms with E-state index in [4.69, 9.17) is 14.2 Å². The summed E-state index contributed by atoms with van der Waals surface area (Å²) in [7, 11) is 1.63. The maximum absolute atomic E-state index is 5.75. The summed E-state index contributed by atoms with van der Waals surface area (Å²) in [5.41, 5.74) is 2.32. The molecule has 106 valence electrons. The normalized spacial score (nSPS) is 10.2. The van der Waals surface area contributed by atoms with Gasteiger partial charge in [-0.2, -0.15) is 0 Å². The van der Waals surface area contributed by atoms with Crippen LogP contribution in [0.15, 0.2) is 42.5 Å². The van der Waals surface area contributed by atoms with Crippen LogP contribution in [0, 0.1) is 13.8 Å². The van der Waals surface area contributed by atoms with Crippen LogP contribution in [-0.4, -0.2) is 20.3 Å². The van der Waals surface area contributed by atoms with Gasteiger partial charge in [-0.15, -0.1) is 0 Å². The van der Waals surface area contributed by atoms with E-state index in [1.807, 2.05) is 37.3 Å². The van der Waals surface area contributed by atoms with Gasteiger partial charge >= 0.3 is 0 Å². The summed E-state index contributed by atoms with van der Waals surface area (Å²) in [4.78, 5) is 0. The Kier molecular flexibility index (Phi) is 4.88. The molecule has 0 bridgehead atoms. The summed E-state index contributed by atoms with van der Waals surface area (Å²) in [6.07, 6.45) is 0. The van der Waals surface area contributed by atoms with Crippen molar-refractivity contribution in [2.75, 3.05) is 20.3 Å². The molecule has 0 spiro atoms. The van der Waals surface area contributed by atoms with Gasteiger partial charge < -0.3 is 14.2 Å². The predicted molar refractivity (Wildman–Crippen MR) is 79.9 cm³/mol. The smallest absolute Gasteiger partial charge is 0.161 e. The first-order chi connectivity index (χ1) is 9.70. The van der Waals surface area contributed by atoms with Gasteiger partial charge in [-0.1, -0.05) is 24.3 Å². The maximum Gasteiger partial charge on any atom is 0.161 e. The Balaban J connectivity index is 1.86. The lowest BCUT2D eigenvalue weighted by Crippen LogP contribution is -2.10. The summed E-state index contributed by atoms with van der Waals surface area (Å²) in [6, 6.07) is 13.8. The topological polar surface area (TPSA) is 27.7 Å². The quantitative estimate of drug-likeness (QED) is 0.749. The van der Waals surface area contributed by atoms with Gasteiger partial charge in [0.05, 0.1) is 7.11 Å². The third-order valence-electron chi connectivity index (χ3n) is 3.01. The van der Waals surface area contributed by atoms with Crippen molar-refractivity contribution in [1.29, 1.82) is 0 Å². The lowest BCUT2D eigenvalue weighted by atomic mass is 10.1. The highest BCUT2D eigenvalue weighted by Crippen LogP contribution is 2.25. The first-order valence-electron chi connectivity index (χ1n) is 6.66. The molecular formula is C17H20O3. The van der Waals surface area contributed by atoms with Gasteiger partial charge in [0.1, 0.15) is 19.0 Å². The second-order valence-corrected chi connectivity index (χ2v) is 4.62. The number of hydrogen-bond donors (Lipinski definition) is 0. The van der Waals surface area contributed by atoms with E-state index in [1.165, 1.54) is 5.56 Å². The van der Waals surface area contributed by atoms with E-state index in [-0.39, 0.29) is 0 Å². The highest BCUT2D eigenvalue weighted by molar-refractivity contribution is 5.39. The first-order valence-corrected chi connectivity index (χ1v) is 6.66. The molecule has 2 rings (SSSR count). The Bertz CT molecular complexity index is 564. The first kappa shape index (κ1) is 14.3. The summed E-state index contributed by atoms with van der Waals surface area (Å²) < 4.78 is 16.6. The molecule has 0 aliphatic rings. The second kappa shape index (κ2) is 6.85. The lowest BCUT2D eigenvalue weighted by Gasteiger charge is -2.12. The number of hydrogen-bond acceptors (Lipinski definition) is 3. The Labute approximate surface area is 120 Å². The largest absolute Gasteiger partial charge is 0.493 e. The molecule has 3 nitrogen and oxygen atoms in total. The van der Waals surface area contributed by atoms with E-state index < -0.39 is 0 Å². The standard InChI is InChI=1S/C17H20O3/c1-13-8-9-14(2)17(12-13)20-11-10-19-16-7-5-4-6-15(16)18-3/h4-9,12H,10-11H2,1-3H3. The fourth-order valence-corrected chi connectivity index (χ4v) is 1.90. The molecule has 0 saturated carbocycles. The van der Waals surface area contributed by atoms with E-state index in [0.29, 0.717) is 13.2 Å². The van der Waals surface area contributed by atoms with E-state index in [1.54, 1.807) is 7.11 Å². The molecule has 0 aliphatic heterocycles. The maximum atomic E-state index is 5.75. The average molecular weight is 272 g/mol. The molecule has 0 heterocycles. The number of methoxy groups -OCH3 is 1. The lowest BCUT2D eigenvalue weighted by molar-refractivity contribution is 0.210. The Morgan fingerprint density at radius 3 is 2.15 bits per heavy atom. The van der Waals surface area contributed by atoms with E-state index in [2.05, 4.69) is 19.1 Å². The van der Waals surface area contributed by atoms with Crippen LogP contribution in [0.5, 0.6) is 17.2 Å². The van der Waals surface area contributed by atoms with Crippen molar-refractivity contribution < 1.29 is 14.2 Å². The predicted octanol–water partition coefficient (Wildman–Crippen LogP) is 3.77. The Hall–Kier alpha value is -2.16. The van der Waals surface area contributed by atoms with Crippen molar-refractivity contribution in [1.82, 2.24) is 0 Å². The van der Waals surface area contributed by atoms with Crippen LogP contribution in [0.2, 0.25) is 0 Å². The monoisotopic (exact) mass is 272 g/mol. The Morgan fingerprint density at radius 1 is 0.800 bits per heavy atom. The zero-order chi connectivity index (χ0) is 14.4. The molecular weight excluding hydrogens is 252 g/mol. The molecule has 0 saturated heterocycles. The fraction of sp³-hybridized carbons (Fsp3) is 0.294.